The summed E-state index contributed by atoms with van der Waals surface area (Å²) in [4.78, 5) is 23.0. The number of hydrogen-bond donors (Lipinski definition) is 2. The molecule has 2 aromatic carbocycles. The van der Waals surface area contributed by atoms with Gasteiger partial charge in [-0.25, -0.2) is 4.79 Å². The van der Waals surface area contributed by atoms with E-state index in [0.29, 0.717) is 17.4 Å². The molecular formula is C17H13NO5. The maximum Gasteiger partial charge on any atom is 0.511 e. The number of carbonyl (C=O) groups is 1. The molecule has 0 fully saturated rings. The highest BCUT2D eigenvalue weighted by Gasteiger charge is 2.12. The van der Waals surface area contributed by atoms with Crippen LogP contribution >= 0.6 is 0 Å². The topological polar surface area (TPSA) is 88.8 Å². The first kappa shape index (κ1) is 14.6. The lowest BCUT2D eigenvalue weighted by atomic mass is 10.1. The Morgan fingerprint density at radius 1 is 1.09 bits per heavy atom. The molecular weight excluding hydrogens is 298 g/mol. The van der Waals surface area contributed by atoms with Crippen LogP contribution < -0.4 is 10.2 Å². The molecule has 2 N–H and O–H groups in total. The predicted molar refractivity (Wildman–Crippen MR) is 84.1 cm³/mol. The molecule has 0 spiro atoms. The van der Waals surface area contributed by atoms with Crippen LogP contribution in [0.1, 0.15) is 5.56 Å². The van der Waals surface area contributed by atoms with E-state index in [9.17, 15) is 14.7 Å². The van der Waals surface area contributed by atoms with Crippen LogP contribution in [0.5, 0.6) is 11.5 Å². The molecule has 0 atom stereocenters. The summed E-state index contributed by atoms with van der Waals surface area (Å²) >= 11 is 0. The van der Waals surface area contributed by atoms with Crippen LogP contribution in [0.2, 0.25) is 0 Å². The van der Waals surface area contributed by atoms with Crippen LogP contribution in [-0.2, 0) is 6.54 Å². The van der Waals surface area contributed by atoms with Gasteiger partial charge in [-0.2, -0.15) is 0 Å². The van der Waals surface area contributed by atoms with E-state index < -0.39 is 11.6 Å². The van der Waals surface area contributed by atoms with Gasteiger partial charge in [0, 0.05) is 11.9 Å². The summed E-state index contributed by atoms with van der Waals surface area (Å²) in [6.07, 6.45) is -0.153. The predicted octanol–water partition coefficient (Wildman–Crippen LogP) is 2.81. The van der Waals surface area contributed by atoms with Gasteiger partial charge in [0.2, 0.25) is 5.43 Å². The summed E-state index contributed by atoms with van der Waals surface area (Å²) < 4.78 is 6.33. The molecule has 1 aromatic heterocycles. The van der Waals surface area contributed by atoms with E-state index in [4.69, 9.17) is 5.11 Å². The molecule has 0 saturated heterocycles. The van der Waals surface area contributed by atoms with Crippen LogP contribution in [0.4, 0.5) is 4.79 Å². The Morgan fingerprint density at radius 2 is 1.78 bits per heavy atom. The van der Waals surface area contributed by atoms with Crippen molar-refractivity contribution in [3.63, 3.8) is 0 Å². The van der Waals surface area contributed by atoms with Crippen molar-refractivity contribution in [1.29, 1.82) is 0 Å². The molecule has 6 nitrogen and oxygen atoms in total. The largest absolute Gasteiger partial charge is 0.511 e. The highest BCUT2D eigenvalue weighted by atomic mass is 16.7. The number of nitrogens with zero attached hydrogens (tertiary/aromatic N) is 1. The molecule has 3 rings (SSSR count). The SMILES string of the molecule is O=C(O)Oc1cn(Cc2ccc(O)cc2)c2ccccc2c1=O. The van der Waals surface area contributed by atoms with Gasteiger partial charge in [-0.05, 0) is 29.8 Å². The average molecular weight is 311 g/mol. The van der Waals surface area contributed by atoms with Crippen LogP contribution in [-0.4, -0.2) is 20.9 Å². The van der Waals surface area contributed by atoms with Crippen molar-refractivity contribution in [1.82, 2.24) is 4.57 Å². The molecule has 23 heavy (non-hydrogen) atoms. The molecule has 0 unspecified atom stereocenters. The van der Waals surface area contributed by atoms with Crippen molar-refractivity contribution in [2.45, 2.75) is 6.54 Å². The van der Waals surface area contributed by atoms with E-state index in [0.717, 1.165) is 5.56 Å². The van der Waals surface area contributed by atoms with E-state index in [1.165, 1.54) is 6.20 Å². The molecule has 116 valence electrons. The number of ether oxygens (including phenoxy) is 1. The van der Waals surface area contributed by atoms with E-state index in [-0.39, 0.29) is 11.5 Å². The lowest BCUT2D eigenvalue weighted by Gasteiger charge is -2.13. The van der Waals surface area contributed by atoms with Crippen molar-refractivity contribution < 1.29 is 19.7 Å². The quantitative estimate of drug-likeness (QED) is 0.726. The van der Waals surface area contributed by atoms with E-state index in [1.807, 2.05) is 0 Å². The normalized spacial score (nSPS) is 10.6. The highest BCUT2D eigenvalue weighted by molar-refractivity contribution is 5.81. The molecule has 0 saturated carbocycles. The molecule has 0 bridgehead atoms. The molecule has 0 aliphatic heterocycles. The van der Waals surface area contributed by atoms with Gasteiger partial charge < -0.3 is 19.5 Å². The molecule has 3 aromatic rings. The Balaban J connectivity index is 2.14. The Hall–Kier alpha value is -3.28. The minimum atomic E-state index is -1.53. The minimum Gasteiger partial charge on any atom is -0.508 e. The summed E-state index contributed by atoms with van der Waals surface area (Å²) in [5.74, 6) is -0.0802. The zero-order valence-electron chi connectivity index (χ0n) is 12.0. The van der Waals surface area contributed by atoms with Crippen LogP contribution in [0.25, 0.3) is 10.9 Å². The van der Waals surface area contributed by atoms with E-state index >= 15 is 0 Å². The maximum absolute atomic E-state index is 12.3. The summed E-state index contributed by atoms with van der Waals surface area (Å²) in [6, 6.07) is 13.5. The van der Waals surface area contributed by atoms with Crippen molar-refractivity contribution in [3.8, 4) is 11.5 Å². The standard InChI is InChI=1S/C17H13NO5/c19-12-7-5-11(6-8-12)9-18-10-15(23-17(21)22)16(20)13-3-1-2-4-14(13)18/h1-8,10,19H,9H2,(H,21,22). The van der Waals surface area contributed by atoms with Gasteiger partial charge in [0.1, 0.15) is 5.75 Å². The lowest BCUT2D eigenvalue weighted by molar-refractivity contribution is 0.144. The second-order valence-corrected chi connectivity index (χ2v) is 5.00. The van der Waals surface area contributed by atoms with Gasteiger partial charge in [-0.3, -0.25) is 4.79 Å². The number of pyridine rings is 1. The minimum absolute atomic E-state index is 0.161. The van der Waals surface area contributed by atoms with Crippen LogP contribution in [0.3, 0.4) is 0 Å². The van der Waals surface area contributed by atoms with Crippen molar-refractivity contribution in [3.05, 3.63) is 70.5 Å². The number of hydrogen-bond acceptors (Lipinski definition) is 4. The van der Waals surface area contributed by atoms with E-state index in [2.05, 4.69) is 4.74 Å². The number of phenols is 1. The molecule has 6 heteroatoms. The first-order valence-corrected chi connectivity index (χ1v) is 6.85. The fourth-order valence-electron chi connectivity index (χ4n) is 2.41. The third-order valence-corrected chi connectivity index (χ3v) is 3.44. The summed E-state index contributed by atoms with van der Waals surface area (Å²) in [5, 5.41) is 18.5. The molecule has 0 radical (unpaired) electrons. The summed E-state index contributed by atoms with van der Waals surface area (Å²) in [6.45, 7) is 0.400. The Bertz CT molecular complexity index is 928. The maximum atomic E-state index is 12.3. The first-order chi connectivity index (χ1) is 11.0. The highest BCUT2D eigenvalue weighted by Crippen LogP contribution is 2.18. The van der Waals surface area contributed by atoms with Crippen LogP contribution in [0.15, 0.2) is 59.5 Å². The van der Waals surface area contributed by atoms with Crippen LogP contribution in [0, 0.1) is 0 Å². The van der Waals surface area contributed by atoms with Gasteiger partial charge in [0.25, 0.3) is 0 Å². The third kappa shape index (κ3) is 3.01. The molecule has 0 amide bonds. The molecule has 0 aliphatic rings. The smallest absolute Gasteiger partial charge is 0.508 e. The molecule has 0 aliphatic carbocycles. The number of aromatic hydroxyl groups is 1. The number of carboxylic acid groups (broad SMARTS) is 1. The second-order valence-electron chi connectivity index (χ2n) is 5.00. The zero-order valence-corrected chi connectivity index (χ0v) is 12.0. The Labute approximate surface area is 130 Å². The van der Waals surface area contributed by atoms with Crippen molar-refractivity contribution >= 4 is 17.1 Å². The summed E-state index contributed by atoms with van der Waals surface area (Å²) in [7, 11) is 0. The van der Waals surface area contributed by atoms with Gasteiger partial charge in [-0.1, -0.05) is 24.3 Å². The fraction of sp³-hybridized carbons (Fsp3) is 0.0588. The average Bonchev–Trinajstić information content (AvgIpc) is 2.53. The number of aromatic nitrogens is 1. The monoisotopic (exact) mass is 311 g/mol. The number of para-hydroxylation sites is 1. The van der Waals surface area contributed by atoms with Gasteiger partial charge in [0.15, 0.2) is 5.75 Å². The first-order valence-electron chi connectivity index (χ1n) is 6.85. The zero-order chi connectivity index (χ0) is 16.4. The van der Waals surface area contributed by atoms with Gasteiger partial charge in [-0.15, -0.1) is 0 Å². The number of benzene rings is 2. The van der Waals surface area contributed by atoms with Gasteiger partial charge in [0.05, 0.1) is 11.7 Å². The Morgan fingerprint density at radius 3 is 2.48 bits per heavy atom. The third-order valence-electron chi connectivity index (χ3n) is 3.44. The second kappa shape index (κ2) is 5.84. The fourth-order valence-corrected chi connectivity index (χ4v) is 2.41. The number of rotatable bonds is 3. The Kier molecular flexibility index (Phi) is 3.72. The van der Waals surface area contributed by atoms with Crippen molar-refractivity contribution in [2.75, 3.05) is 0 Å². The summed E-state index contributed by atoms with van der Waals surface area (Å²) in [5.41, 5.74) is 1.09. The number of phenolic OH excluding ortho intramolecular Hbond substituents is 1. The lowest BCUT2D eigenvalue weighted by Crippen LogP contribution is -2.16. The van der Waals surface area contributed by atoms with Gasteiger partial charge >= 0.3 is 6.16 Å². The number of fused-ring (bicyclic) bond motifs is 1. The van der Waals surface area contributed by atoms with E-state index in [1.54, 1.807) is 53.1 Å². The molecule has 1 heterocycles. The van der Waals surface area contributed by atoms with Crippen molar-refractivity contribution in [2.24, 2.45) is 0 Å².